The van der Waals surface area contributed by atoms with Crippen molar-refractivity contribution in [3.8, 4) is 16.9 Å². The first-order chi connectivity index (χ1) is 19.0. The molecule has 0 aliphatic heterocycles. The fourth-order valence-corrected chi connectivity index (χ4v) is 7.91. The number of hydrogen-bond acceptors (Lipinski definition) is 1. The Morgan fingerprint density at radius 1 is 0.692 bits per heavy atom. The molecule has 2 aliphatic carbocycles. The zero-order chi connectivity index (χ0) is 27.8. The molecule has 2 saturated carbocycles. The van der Waals surface area contributed by atoms with Gasteiger partial charge in [0.1, 0.15) is 5.75 Å². The third-order valence-corrected chi connectivity index (χ3v) is 11.4. The van der Waals surface area contributed by atoms with Crippen LogP contribution in [0.4, 0.5) is 0 Å². The molecule has 2 aromatic rings. The van der Waals surface area contributed by atoms with Crippen LogP contribution in [0.5, 0.6) is 5.75 Å². The monoisotopic (exact) mass is 530 g/mol. The van der Waals surface area contributed by atoms with Crippen molar-refractivity contribution < 1.29 is 4.74 Å². The summed E-state index contributed by atoms with van der Waals surface area (Å²) in [5.41, 5.74) is 7.50. The van der Waals surface area contributed by atoms with Crippen molar-refractivity contribution in [3.05, 3.63) is 53.1 Å². The Kier molecular flexibility index (Phi) is 11.0. The van der Waals surface area contributed by atoms with E-state index in [1.165, 1.54) is 92.9 Å². The summed E-state index contributed by atoms with van der Waals surface area (Å²) in [4.78, 5) is 0. The highest BCUT2D eigenvalue weighted by atomic mass is 16.5. The highest BCUT2D eigenvalue weighted by Crippen LogP contribution is 2.44. The molecule has 0 heterocycles. The van der Waals surface area contributed by atoms with Crippen LogP contribution in [0.25, 0.3) is 11.1 Å². The molecular weight excluding hydrogens is 472 g/mol. The minimum atomic E-state index is 0.426. The summed E-state index contributed by atoms with van der Waals surface area (Å²) in [6.45, 7) is 14.8. The Bertz CT molecular complexity index is 990. The highest BCUT2D eigenvalue weighted by Gasteiger charge is 2.30. The molecule has 0 spiro atoms. The number of ether oxygens (including phenoxy) is 1. The van der Waals surface area contributed by atoms with Crippen molar-refractivity contribution >= 4 is 0 Å². The summed E-state index contributed by atoms with van der Waals surface area (Å²) in [5.74, 6) is 4.84. The maximum Gasteiger partial charge on any atom is 0.122 e. The van der Waals surface area contributed by atoms with Gasteiger partial charge in [-0.25, -0.2) is 0 Å². The van der Waals surface area contributed by atoms with E-state index >= 15 is 0 Å². The molecule has 39 heavy (non-hydrogen) atoms. The Balaban J connectivity index is 1.41. The van der Waals surface area contributed by atoms with E-state index in [1.54, 1.807) is 5.56 Å². The Labute approximate surface area is 241 Å². The van der Waals surface area contributed by atoms with Crippen molar-refractivity contribution in [1.29, 1.82) is 0 Å². The Hall–Kier alpha value is -1.76. The van der Waals surface area contributed by atoms with Gasteiger partial charge < -0.3 is 4.74 Å². The van der Waals surface area contributed by atoms with E-state index in [0.717, 1.165) is 55.3 Å². The highest BCUT2D eigenvalue weighted by molar-refractivity contribution is 5.70. The first-order valence-electron chi connectivity index (χ1n) is 16.8. The van der Waals surface area contributed by atoms with Gasteiger partial charge >= 0.3 is 0 Å². The molecule has 0 amide bonds. The van der Waals surface area contributed by atoms with Gasteiger partial charge in [0.25, 0.3) is 0 Å². The lowest BCUT2D eigenvalue weighted by Gasteiger charge is -2.37. The van der Waals surface area contributed by atoms with Gasteiger partial charge in [0.15, 0.2) is 0 Å². The SMILES string of the molecule is CCc1cc(-c2ccc(C3CCC(C4CCC(C)CC4)CC3)cc2)c(CC)cc1OCCC(CC)(CC)CC. The molecule has 0 aromatic heterocycles. The molecule has 2 aromatic carbocycles. The quantitative estimate of drug-likeness (QED) is 0.265. The first kappa shape index (κ1) is 30.2. The number of hydrogen-bond donors (Lipinski definition) is 0. The number of rotatable bonds is 12. The van der Waals surface area contributed by atoms with E-state index in [0.29, 0.717) is 5.41 Å². The summed E-state index contributed by atoms with van der Waals surface area (Å²) >= 11 is 0. The van der Waals surface area contributed by atoms with Crippen molar-refractivity contribution in [2.75, 3.05) is 6.61 Å². The van der Waals surface area contributed by atoms with Crippen LogP contribution < -0.4 is 4.74 Å². The van der Waals surface area contributed by atoms with Gasteiger partial charge in [-0.15, -0.1) is 0 Å². The molecule has 4 rings (SSSR count). The molecular formula is C38H58O. The maximum atomic E-state index is 6.48. The van der Waals surface area contributed by atoms with E-state index in [9.17, 15) is 0 Å². The van der Waals surface area contributed by atoms with Crippen LogP contribution >= 0.6 is 0 Å². The van der Waals surface area contributed by atoms with Crippen molar-refractivity contribution in [3.63, 3.8) is 0 Å². The summed E-state index contributed by atoms with van der Waals surface area (Å²) in [5, 5.41) is 0. The lowest BCUT2D eigenvalue weighted by atomic mass is 9.68. The summed E-state index contributed by atoms with van der Waals surface area (Å²) < 4.78 is 6.48. The molecule has 0 radical (unpaired) electrons. The van der Waals surface area contributed by atoms with Gasteiger partial charge in [-0.1, -0.05) is 97.9 Å². The number of aryl methyl sites for hydroxylation is 2. The lowest BCUT2D eigenvalue weighted by molar-refractivity contribution is 0.165. The van der Waals surface area contributed by atoms with Crippen LogP contribution in [0.2, 0.25) is 0 Å². The molecule has 0 N–H and O–H groups in total. The zero-order valence-corrected chi connectivity index (χ0v) is 26.3. The molecule has 0 bridgehead atoms. The van der Waals surface area contributed by atoms with Crippen LogP contribution in [0, 0.1) is 23.2 Å². The lowest BCUT2D eigenvalue weighted by Crippen LogP contribution is -2.24. The average molecular weight is 531 g/mol. The second kappa shape index (κ2) is 14.2. The van der Waals surface area contributed by atoms with E-state index in [4.69, 9.17) is 4.74 Å². The molecule has 2 fully saturated rings. The van der Waals surface area contributed by atoms with Crippen LogP contribution in [-0.4, -0.2) is 6.61 Å². The molecule has 1 nitrogen and oxygen atoms in total. The average Bonchev–Trinajstić information content (AvgIpc) is 3.00. The third kappa shape index (κ3) is 7.31. The van der Waals surface area contributed by atoms with Crippen LogP contribution in [0.1, 0.15) is 141 Å². The fourth-order valence-electron chi connectivity index (χ4n) is 7.91. The van der Waals surface area contributed by atoms with Crippen molar-refractivity contribution in [2.45, 2.75) is 137 Å². The predicted molar refractivity (Wildman–Crippen MR) is 170 cm³/mol. The van der Waals surface area contributed by atoms with Gasteiger partial charge in [0.05, 0.1) is 6.61 Å². The van der Waals surface area contributed by atoms with Crippen molar-refractivity contribution in [1.82, 2.24) is 0 Å². The Morgan fingerprint density at radius 2 is 1.26 bits per heavy atom. The maximum absolute atomic E-state index is 6.48. The van der Waals surface area contributed by atoms with Crippen LogP contribution in [0.3, 0.4) is 0 Å². The van der Waals surface area contributed by atoms with Crippen LogP contribution in [-0.2, 0) is 12.8 Å². The van der Waals surface area contributed by atoms with Gasteiger partial charge in [-0.2, -0.15) is 0 Å². The summed E-state index contributed by atoms with van der Waals surface area (Å²) in [6, 6.07) is 14.5. The molecule has 0 unspecified atom stereocenters. The molecule has 2 aliphatic rings. The van der Waals surface area contributed by atoms with Gasteiger partial charge in [0, 0.05) is 0 Å². The summed E-state index contributed by atoms with van der Waals surface area (Å²) in [7, 11) is 0. The molecule has 216 valence electrons. The van der Waals surface area contributed by atoms with Crippen LogP contribution in [0.15, 0.2) is 36.4 Å². The molecule has 1 heteroatoms. The van der Waals surface area contributed by atoms with Gasteiger partial charge in [0.2, 0.25) is 0 Å². The van der Waals surface area contributed by atoms with Crippen molar-refractivity contribution in [2.24, 2.45) is 23.2 Å². The first-order valence-corrected chi connectivity index (χ1v) is 16.8. The fraction of sp³-hybridized carbons (Fsp3) is 0.684. The van der Waals surface area contributed by atoms with E-state index in [1.807, 2.05) is 0 Å². The van der Waals surface area contributed by atoms with E-state index in [2.05, 4.69) is 77.9 Å². The minimum absolute atomic E-state index is 0.426. The standard InChI is InChI=1S/C38H58O/c1-7-29-27-37(39-25-24-38(9-3,10-4)11-5)30(8-2)26-36(29)35-22-20-34(21-23-35)33-18-16-32(17-19-33)31-14-12-28(6)13-15-31/h20-23,26-28,31-33H,7-19,24-25H2,1-6H3. The normalized spacial score (nSPS) is 24.1. The zero-order valence-electron chi connectivity index (χ0n) is 26.3. The third-order valence-electron chi connectivity index (χ3n) is 11.4. The van der Waals surface area contributed by atoms with E-state index in [-0.39, 0.29) is 0 Å². The smallest absolute Gasteiger partial charge is 0.122 e. The second-order valence-corrected chi connectivity index (χ2v) is 13.2. The Morgan fingerprint density at radius 3 is 1.79 bits per heavy atom. The molecule has 0 saturated heterocycles. The predicted octanol–water partition coefficient (Wildman–Crippen LogP) is 11.6. The molecule has 0 atom stereocenters. The second-order valence-electron chi connectivity index (χ2n) is 13.2. The van der Waals surface area contributed by atoms with Gasteiger partial charge in [-0.05, 0) is 127 Å². The van der Waals surface area contributed by atoms with E-state index < -0.39 is 0 Å². The summed E-state index contributed by atoms with van der Waals surface area (Å²) in [6.07, 6.45) is 18.5. The largest absolute Gasteiger partial charge is 0.493 e. The number of benzene rings is 2. The topological polar surface area (TPSA) is 9.23 Å². The van der Waals surface area contributed by atoms with Gasteiger partial charge in [-0.3, -0.25) is 0 Å². The minimum Gasteiger partial charge on any atom is -0.493 e.